The van der Waals surface area contributed by atoms with Crippen LogP contribution in [0.1, 0.15) is 5.56 Å². The van der Waals surface area contributed by atoms with Gasteiger partial charge in [-0.15, -0.1) is 0 Å². The fraction of sp³-hybridized carbons (Fsp3) is 0.0625. The highest BCUT2D eigenvalue weighted by atomic mass is 35.5. The van der Waals surface area contributed by atoms with Crippen molar-refractivity contribution in [3.8, 4) is 11.4 Å². The molecule has 0 bridgehead atoms. The molecule has 130 valence electrons. The molecule has 0 aliphatic carbocycles. The van der Waals surface area contributed by atoms with Gasteiger partial charge in [-0.25, -0.2) is 28.7 Å². The number of halogens is 3. The summed E-state index contributed by atoms with van der Waals surface area (Å²) in [5, 5.41) is -0.0538. The standard InChI is InChI=1S/C16H10ClF2N7/c17-16-24-13(11-4-22-12(20)5-21-11)14-15(25-16)26(7-23-14)6-8-9(18)2-1-3-10(8)19/h1-5,7H,6H2,(H2,20,22). The molecule has 0 aliphatic heterocycles. The Morgan fingerprint density at radius 1 is 1.04 bits per heavy atom. The van der Waals surface area contributed by atoms with Crippen LogP contribution in [0.2, 0.25) is 5.28 Å². The second-order valence-electron chi connectivity index (χ2n) is 5.41. The van der Waals surface area contributed by atoms with E-state index >= 15 is 0 Å². The highest BCUT2D eigenvalue weighted by Gasteiger charge is 2.17. The topological polar surface area (TPSA) is 95.4 Å². The van der Waals surface area contributed by atoms with Crippen molar-refractivity contribution in [1.29, 1.82) is 0 Å². The third kappa shape index (κ3) is 2.82. The van der Waals surface area contributed by atoms with Gasteiger partial charge in [-0.1, -0.05) is 6.07 Å². The molecule has 0 atom stereocenters. The van der Waals surface area contributed by atoms with E-state index in [1.54, 1.807) is 0 Å². The maximum absolute atomic E-state index is 13.9. The van der Waals surface area contributed by atoms with Gasteiger partial charge in [0.1, 0.15) is 34.4 Å². The average molecular weight is 374 g/mol. The van der Waals surface area contributed by atoms with Gasteiger partial charge in [-0.3, -0.25) is 0 Å². The molecule has 26 heavy (non-hydrogen) atoms. The third-order valence-corrected chi connectivity index (χ3v) is 3.91. The molecule has 0 saturated heterocycles. The van der Waals surface area contributed by atoms with E-state index in [1.165, 1.54) is 41.5 Å². The molecule has 0 saturated carbocycles. The van der Waals surface area contributed by atoms with E-state index in [0.717, 1.165) is 0 Å². The Kier molecular flexibility index (Phi) is 3.92. The lowest BCUT2D eigenvalue weighted by molar-refractivity contribution is 0.546. The van der Waals surface area contributed by atoms with Crippen LogP contribution in [0.3, 0.4) is 0 Å². The number of nitrogen functional groups attached to an aromatic ring is 1. The molecule has 0 unspecified atom stereocenters. The summed E-state index contributed by atoms with van der Waals surface area (Å²) in [6.45, 7) is -0.102. The van der Waals surface area contributed by atoms with E-state index in [1.807, 2.05) is 0 Å². The predicted molar refractivity (Wildman–Crippen MR) is 91.2 cm³/mol. The van der Waals surface area contributed by atoms with Gasteiger partial charge in [0.15, 0.2) is 5.65 Å². The van der Waals surface area contributed by atoms with Crippen molar-refractivity contribution in [2.24, 2.45) is 0 Å². The number of rotatable bonds is 3. The fourth-order valence-corrected chi connectivity index (χ4v) is 2.69. The minimum atomic E-state index is -0.656. The second-order valence-corrected chi connectivity index (χ2v) is 5.75. The summed E-state index contributed by atoms with van der Waals surface area (Å²) < 4.78 is 29.4. The lowest BCUT2D eigenvalue weighted by Crippen LogP contribution is -2.05. The largest absolute Gasteiger partial charge is 0.382 e. The molecule has 0 radical (unpaired) electrons. The van der Waals surface area contributed by atoms with Crippen molar-refractivity contribution in [3.05, 3.63) is 59.4 Å². The fourth-order valence-electron chi connectivity index (χ4n) is 2.53. The molecule has 4 aromatic rings. The maximum Gasteiger partial charge on any atom is 0.225 e. The molecule has 2 N–H and O–H groups in total. The van der Waals surface area contributed by atoms with Crippen molar-refractivity contribution < 1.29 is 8.78 Å². The lowest BCUT2D eigenvalue weighted by Gasteiger charge is -2.07. The number of nitrogens with zero attached hydrogens (tertiary/aromatic N) is 6. The van der Waals surface area contributed by atoms with Gasteiger partial charge < -0.3 is 10.3 Å². The van der Waals surface area contributed by atoms with Crippen molar-refractivity contribution >= 4 is 28.6 Å². The van der Waals surface area contributed by atoms with Gasteiger partial charge in [-0.2, -0.15) is 4.98 Å². The highest BCUT2D eigenvalue weighted by Crippen LogP contribution is 2.26. The molecule has 4 rings (SSSR count). The van der Waals surface area contributed by atoms with E-state index in [-0.39, 0.29) is 23.2 Å². The van der Waals surface area contributed by atoms with Crippen LogP contribution in [-0.2, 0) is 6.54 Å². The van der Waals surface area contributed by atoms with Crippen molar-refractivity contribution in [2.75, 3.05) is 5.73 Å². The molecule has 0 fully saturated rings. The monoisotopic (exact) mass is 373 g/mol. The molecular weight excluding hydrogens is 364 g/mol. The Bertz CT molecular complexity index is 1090. The maximum atomic E-state index is 13.9. The Balaban J connectivity index is 1.85. The van der Waals surface area contributed by atoms with Crippen LogP contribution < -0.4 is 5.73 Å². The average Bonchev–Trinajstić information content (AvgIpc) is 3.01. The first kappa shape index (κ1) is 16.3. The number of benzene rings is 1. The number of hydrogen-bond acceptors (Lipinski definition) is 6. The smallest absolute Gasteiger partial charge is 0.225 e. The van der Waals surface area contributed by atoms with Gasteiger partial charge in [0, 0.05) is 5.56 Å². The van der Waals surface area contributed by atoms with Crippen molar-refractivity contribution in [2.45, 2.75) is 6.54 Å². The van der Waals surface area contributed by atoms with Gasteiger partial charge in [0.05, 0.1) is 25.3 Å². The minimum absolute atomic E-state index is 0.0538. The molecule has 0 aliphatic rings. The molecule has 1 aromatic carbocycles. The van der Waals surface area contributed by atoms with Crippen LogP contribution in [0.15, 0.2) is 36.9 Å². The molecule has 3 heterocycles. The summed E-state index contributed by atoms with van der Waals surface area (Å²) in [6, 6.07) is 3.68. The van der Waals surface area contributed by atoms with Gasteiger partial charge in [0.2, 0.25) is 5.28 Å². The summed E-state index contributed by atoms with van der Waals surface area (Å²) >= 11 is 6.02. The quantitative estimate of drug-likeness (QED) is 0.555. The van der Waals surface area contributed by atoms with Crippen LogP contribution in [0.4, 0.5) is 14.6 Å². The Morgan fingerprint density at radius 2 is 1.81 bits per heavy atom. The van der Waals surface area contributed by atoms with E-state index < -0.39 is 11.6 Å². The van der Waals surface area contributed by atoms with Crippen LogP contribution in [-0.4, -0.2) is 29.5 Å². The van der Waals surface area contributed by atoms with Crippen LogP contribution in [0.25, 0.3) is 22.6 Å². The molecule has 0 spiro atoms. The zero-order valence-electron chi connectivity index (χ0n) is 13.1. The highest BCUT2D eigenvalue weighted by molar-refractivity contribution is 6.28. The first-order valence-electron chi connectivity index (χ1n) is 7.42. The van der Waals surface area contributed by atoms with Crippen LogP contribution in [0, 0.1) is 11.6 Å². The normalized spacial score (nSPS) is 11.2. The summed E-state index contributed by atoms with van der Waals surface area (Å²) in [7, 11) is 0. The van der Waals surface area contributed by atoms with Gasteiger partial charge >= 0.3 is 0 Å². The number of aromatic nitrogens is 6. The summed E-state index contributed by atoms with van der Waals surface area (Å²) in [4.78, 5) is 20.6. The van der Waals surface area contributed by atoms with Crippen LogP contribution in [0.5, 0.6) is 0 Å². The lowest BCUT2D eigenvalue weighted by atomic mass is 10.2. The Hall–Kier alpha value is -3.20. The van der Waals surface area contributed by atoms with E-state index in [0.29, 0.717) is 22.6 Å². The second kappa shape index (κ2) is 6.26. The summed E-state index contributed by atoms with van der Waals surface area (Å²) in [5.41, 5.74) is 6.89. The Labute approximate surface area is 150 Å². The van der Waals surface area contributed by atoms with E-state index in [4.69, 9.17) is 17.3 Å². The molecule has 7 nitrogen and oxygen atoms in total. The number of anilines is 1. The number of fused-ring (bicyclic) bond motifs is 1. The zero-order valence-corrected chi connectivity index (χ0v) is 13.8. The molecule has 10 heteroatoms. The van der Waals surface area contributed by atoms with E-state index in [9.17, 15) is 8.78 Å². The number of hydrogen-bond donors (Lipinski definition) is 1. The number of imidazole rings is 1. The van der Waals surface area contributed by atoms with Crippen LogP contribution >= 0.6 is 11.6 Å². The first-order chi connectivity index (χ1) is 12.5. The Morgan fingerprint density at radius 3 is 2.50 bits per heavy atom. The predicted octanol–water partition coefficient (Wildman–Crippen LogP) is 2.85. The minimum Gasteiger partial charge on any atom is -0.382 e. The van der Waals surface area contributed by atoms with Gasteiger partial charge in [-0.05, 0) is 23.7 Å². The SMILES string of the molecule is Nc1cnc(-c2nc(Cl)nc3c2ncn3Cc2c(F)cccc2F)cn1. The first-order valence-corrected chi connectivity index (χ1v) is 7.80. The van der Waals surface area contributed by atoms with Crippen molar-refractivity contribution in [1.82, 2.24) is 29.5 Å². The zero-order chi connectivity index (χ0) is 18.3. The van der Waals surface area contributed by atoms with Crippen molar-refractivity contribution in [3.63, 3.8) is 0 Å². The summed E-state index contributed by atoms with van der Waals surface area (Å²) in [5.74, 6) is -1.06. The molecule has 3 aromatic heterocycles. The third-order valence-electron chi connectivity index (χ3n) is 3.74. The molecular formula is C16H10ClF2N7. The van der Waals surface area contributed by atoms with Gasteiger partial charge in [0.25, 0.3) is 0 Å². The number of nitrogens with two attached hydrogens (primary N) is 1. The van der Waals surface area contributed by atoms with E-state index in [2.05, 4.69) is 24.9 Å². The molecule has 0 amide bonds. The summed E-state index contributed by atoms with van der Waals surface area (Å²) in [6.07, 6.45) is 4.22.